The zero-order valence-electron chi connectivity index (χ0n) is 16.4. The Morgan fingerprint density at radius 3 is 2.52 bits per heavy atom. The second-order valence-electron chi connectivity index (χ2n) is 7.31. The van der Waals surface area contributed by atoms with E-state index >= 15 is 0 Å². The monoisotopic (exact) mass is 385 g/mol. The molecule has 0 spiro atoms. The lowest BCUT2D eigenvalue weighted by Gasteiger charge is -2.37. The molecule has 0 aliphatic carbocycles. The Labute approximate surface area is 167 Å². The number of rotatable bonds is 5. The van der Waals surface area contributed by atoms with Gasteiger partial charge in [0.05, 0.1) is 0 Å². The van der Waals surface area contributed by atoms with Gasteiger partial charge in [0.1, 0.15) is 0 Å². The molecule has 3 rings (SSSR count). The molecule has 1 amide bonds. The molecule has 27 heavy (non-hydrogen) atoms. The summed E-state index contributed by atoms with van der Waals surface area (Å²) in [4.78, 5) is 17.1. The van der Waals surface area contributed by atoms with Crippen molar-refractivity contribution in [3.63, 3.8) is 0 Å². The second kappa shape index (κ2) is 8.77. The summed E-state index contributed by atoms with van der Waals surface area (Å²) in [5, 5.41) is 3.62. The minimum absolute atomic E-state index is 0.0392. The number of hydrogen-bond acceptors (Lipinski definition) is 3. The van der Waals surface area contributed by atoms with Crippen LogP contribution in [-0.2, 0) is 4.79 Å². The summed E-state index contributed by atoms with van der Waals surface area (Å²) >= 11 is 6.02. The molecule has 0 aromatic heterocycles. The molecule has 1 fully saturated rings. The van der Waals surface area contributed by atoms with E-state index in [0.29, 0.717) is 11.4 Å². The molecule has 0 radical (unpaired) electrons. The molecule has 1 N–H and O–H groups in total. The number of amides is 1. The van der Waals surface area contributed by atoms with E-state index in [0.717, 1.165) is 44.0 Å². The Kier molecular flexibility index (Phi) is 6.40. The van der Waals surface area contributed by atoms with Crippen LogP contribution in [0.2, 0.25) is 5.02 Å². The van der Waals surface area contributed by atoms with Crippen molar-refractivity contribution in [2.75, 3.05) is 42.9 Å². The molecule has 1 aliphatic rings. The van der Waals surface area contributed by atoms with E-state index in [1.54, 1.807) is 6.07 Å². The second-order valence-corrected chi connectivity index (χ2v) is 7.74. The minimum Gasteiger partial charge on any atom is -0.369 e. The van der Waals surface area contributed by atoms with Crippen LogP contribution in [0.3, 0.4) is 0 Å². The van der Waals surface area contributed by atoms with Gasteiger partial charge < -0.3 is 10.2 Å². The molecule has 0 atom stereocenters. The fourth-order valence-electron chi connectivity index (χ4n) is 3.49. The summed E-state index contributed by atoms with van der Waals surface area (Å²) in [5.41, 5.74) is 5.86. The fourth-order valence-corrected chi connectivity index (χ4v) is 3.66. The van der Waals surface area contributed by atoms with Gasteiger partial charge in [-0.3, -0.25) is 9.69 Å². The molecule has 5 heteroatoms. The van der Waals surface area contributed by atoms with Gasteiger partial charge in [-0.05, 0) is 55.7 Å². The number of hydrogen-bond donors (Lipinski definition) is 1. The smallest absolute Gasteiger partial charge is 0.225 e. The van der Waals surface area contributed by atoms with Crippen LogP contribution in [-0.4, -0.2) is 43.5 Å². The first-order valence-electron chi connectivity index (χ1n) is 9.53. The number of nitrogens with one attached hydrogen (secondary N) is 1. The highest BCUT2D eigenvalue weighted by atomic mass is 35.5. The molecular weight excluding hydrogens is 358 g/mol. The zero-order valence-corrected chi connectivity index (χ0v) is 17.1. The molecule has 0 bridgehead atoms. The average molecular weight is 386 g/mol. The van der Waals surface area contributed by atoms with Gasteiger partial charge in [0.15, 0.2) is 0 Å². The average Bonchev–Trinajstić information content (AvgIpc) is 2.66. The van der Waals surface area contributed by atoms with Gasteiger partial charge in [0.25, 0.3) is 0 Å². The predicted octanol–water partition coefficient (Wildman–Crippen LogP) is 4.42. The van der Waals surface area contributed by atoms with Crippen molar-refractivity contribution in [1.82, 2.24) is 4.90 Å². The fraction of sp³-hybridized carbons (Fsp3) is 0.409. The summed E-state index contributed by atoms with van der Waals surface area (Å²) < 4.78 is 0. The number of carbonyl (C=O) groups excluding carboxylic acids is 1. The Morgan fingerprint density at radius 1 is 1.04 bits per heavy atom. The Morgan fingerprint density at radius 2 is 1.78 bits per heavy atom. The maximum atomic E-state index is 12.3. The number of carbonyl (C=O) groups is 1. The van der Waals surface area contributed by atoms with E-state index in [9.17, 15) is 4.79 Å². The lowest BCUT2D eigenvalue weighted by molar-refractivity contribution is -0.116. The molecule has 0 unspecified atom stereocenters. The summed E-state index contributed by atoms with van der Waals surface area (Å²) in [7, 11) is 0. The topological polar surface area (TPSA) is 35.6 Å². The van der Waals surface area contributed by atoms with E-state index in [-0.39, 0.29) is 5.91 Å². The van der Waals surface area contributed by atoms with E-state index in [2.05, 4.69) is 47.2 Å². The molecular formula is C22H28ClN3O. The maximum Gasteiger partial charge on any atom is 0.225 e. The van der Waals surface area contributed by atoms with E-state index < -0.39 is 0 Å². The normalized spacial score (nSPS) is 15.0. The van der Waals surface area contributed by atoms with Crippen molar-refractivity contribution in [1.29, 1.82) is 0 Å². The van der Waals surface area contributed by atoms with Crippen LogP contribution >= 0.6 is 11.6 Å². The summed E-state index contributed by atoms with van der Waals surface area (Å²) in [5.74, 6) is 0.0392. The van der Waals surface area contributed by atoms with Gasteiger partial charge >= 0.3 is 0 Å². The van der Waals surface area contributed by atoms with Gasteiger partial charge in [-0.15, -0.1) is 0 Å². The van der Waals surface area contributed by atoms with Crippen molar-refractivity contribution in [3.8, 4) is 0 Å². The van der Waals surface area contributed by atoms with E-state index in [1.165, 1.54) is 16.8 Å². The Hall–Kier alpha value is -2.04. The lowest BCUT2D eigenvalue weighted by atomic mass is 10.1. The summed E-state index contributed by atoms with van der Waals surface area (Å²) in [6.45, 7) is 11.1. The quantitative estimate of drug-likeness (QED) is 0.827. The highest BCUT2D eigenvalue weighted by Gasteiger charge is 2.19. The zero-order chi connectivity index (χ0) is 19.4. The molecule has 144 valence electrons. The lowest BCUT2D eigenvalue weighted by Crippen LogP contribution is -2.47. The van der Waals surface area contributed by atoms with E-state index in [4.69, 9.17) is 11.6 Å². The van der Waals surface area contributed by atoms with E-state index in [1.807, 2.05) is 19.1 Å². The van der Waals surface area contributed by atoms with Crippen LogP contribution < -0.4 is 10.2 Å². The first kappa shape index (κ1) is 19.7. The maximum absolute atomic E-state index is 12.3. The van der Waals surface area contributed by atoms with Crippen LogP contribution in [0.5, 0.6) is 0 Å². The number of aryl methyl sites for hydroxylation is 2. The molecule has 2 aromatic carbocycles. The van der Waals surface area contributed by atoms with Crippen molar-refractivity contribution in [2.45, 2.75) is 27.2 Å². The first-order chi connectivity index (χ1) is 12.9. The third-order valence-corrected chi connectivity index (χ3v) is 5.65. The van der Waals surface area contributed by atoms with Crippen LogP contribution in [0.25, 0.3) is 0 Å². The molecule has 1 aliphatic heterocycles. The van der Waals surface area contributed by atoms with Crippen LogP contribution in [0, 0.1) is 20.8 Å². The summed E-state index contributed by atoms with van der Waals surface area (Å²) in [6.07, 6.45) is 0.495. The van der Waals surface area contributed by atoms with Gasteiger partial charge in [0, 0.05) is 55.5 Å². The molecule has 0 saturated carbocycles. The molecule has 1 heterocycles. The van der Waals surface area contributed by atoms with Crippen molar-refractivity contribution in [3.05, 3.63) is 58.1 Å². The Balaban J connectivity index is 1.47. The van der Waals surface area contributed by atoms with Gasteiger partial charge in [-0.1, -0.05) is 29.8 Å². The van der Waals surface area contributed by atoms with Crippen molar-refractivity contribution >= 4 is 28.9 Å². The SMILES string of the molecule is Cc1ccc(Cl)cc1NC(=O)CCN1CCN(c2cccc(C)c2C)CC1. The number of nitrogens with zero attached hydrogens (tertiary/aromatic N) is 2. The third kappa shape index (κ3) is 5.02. The largest absolute Gasteiger partial charge is 0.369 e. The molecule has 4 nitrogen and oxygen atoms in total. The number of halogens is 1. The van der Waals surface area contributed by atoms with Crippen LogP contribution in [0.15, 0.2) is 36.4 Å². The van der Waals surface area contributed by atoms with Crippen LogP contribution in [0.1, 0.15) is 23.1 Å². The van der Waals surface area contributed by atoms with Crippen LogP contribution in [0.4, 0.5) is 11.4 Å². The number of benzene rings is 2. The number of piperazine rings is 1. The highest BCUT2D eigenvalue weighted by Crippen LogP contribution is 2.24. The standard InChI is InChI=1S/C22H28ClN3O/c1-16-5-4-6-21(18(16)3)26-13-11-25(12-14-26)10-9-22(27)24-20-15-19(23)8-7-17(20)2/h4-8,15H,9-14H2,1-3H3,(H,24,27). The number of anilines is 2. The molecule has 1 saturated heterocycles. The van der Waals surface area contributed by atoms with Gasteiger partial charge in [0.2, 0.25) is 5.91 Å². The molecule has 2 aromatic rings. The van der Waals surface area contributed by atoms with Crippen molar-refractivity contribution < 1.29 is 4.79 Å². The highest BCUT2D eigenvalue weighted by molar-refractivity contribution is 6.31. The Bertz CT molecular complexity index is 813. The van der Waals surface area contributed by atoms with Gasteiger partial charge in [-0.25, -0.2) is 0 Å². The predicted molar refractivity (Wildman–Crippen MR) is 114 cm³/mol. The van der Waals surface area contributed by atoms with Gasteiger partial charge in [-0.2, -0.15) is 0 Å². The third-order valence-electron chi connectivity index (χ3n) is 5.42. The first-order valence-corrected chi connectivity index (χ1v) is 9.91. The van der Waals surface area contributed by atoms with Crippen molar-refractivity contribution in [2.24, 2.45) is 0 Å². The minimum atomic E-state index is 0.0392. The summed E-state index contributed by atoms with van der Waals surface area (Å²) in [6, 6.07) is 12.1.